The highest BCUT2D eigenvalue weighted by molar-refractivity contribution is 6.04. The zero-order valence-electron chi connectivity index (χ0n) is 9.28. The lowest BCUT2D eigenvalue weighted by Gasteiger charge is -2.27. The van der Waals surface area contributed by atoms with E-state index >= 15 is 0 Å². The van der Waals surface area contributed by atoms with E-state index in [0.717, 1.165) is 0 Å². The summed E-state index contributed by atoms with van der Waals surface area (Å²) in [5.74, 6) is -1.47. The molecule has 5 heteroatoms. The summed E-state index contributed by atoms with van der Waals surface area (Å²) in [7, 11) is 1.52. The summed E-state index contributed by atoms with van der Waals surface area (Å²) in [4.78, 5) is 24.0. The third-order valence-electron chi connectivity index (χ3n) is 2.54. The maximum atomic E-state index is 11.8. The average Bonchev–Trinajstić information content (AvgIpc) is 2.79. The fraction of sp³-hybridized carbons (Fsp3) is 0.800. The molecule has 0 aromatic heterocycles. The van der Waals surface area contributed by atoms with Crippen LogP contribution in [0.15, 0.2) is 0 Å². The van der Waals surface area contributed by atoms with Gasteiger partial charge in [0.1, 0.15) is 5.41 Å². The topological polar surface area (TPSA) is 77.8 Å². The Morgan fingerprint density at radius 2 is 1.87 bits per heavy atom. The Bertz CT molecular complexity index is 288. The van der Waals surface area contributed by atoms with Crippen molar-refractivity contribution >= 4 is 11.9 Å². The van der Waals surface area contributed by atoms with Crippen LogP contribution in [0.1, 0.15) is 26.7 Å². The largest absolute Gasteiger partial charge is 0.480 e. The van der Waals surface area contributed by atoms with Crippen LogP contribution in [0.2, 0.25) is 0 Å². The molecule has 0 saturated heterocycles. The van der Waals surface area contributed by atoms with E-state index < -0.39 is 22.9 Å². The molecule has 2 N–H and O–H groups in total. The van der Waals surface area contributed by atoms with Crippen LogP contribution in [-0.2, 0) is 9.59 Å². The van der Waals surface area contributed by atoms with E-state index in [9.17, 15) is 14.7 Å². The summed E-state index contributed by atoms with van der Waals surface area (Å²) < 4.78 is 0. The molecule has 0 radical (unpaired) electrons. The predicted molar refractivity (Wildman–Crippen MR) is 53.2 cm³/mol. The zero-order chi connectivity index (χ0) is 11.9. The Kier molecular flexibility index (Phi) is 2.78. The van der Waals surface area contributed by atoms with Crippen LogP contribution in [0.25, 0.3) is 0 Å². The molecule has 1 rings (SSSR count). The lowest BCUT2D eigenvalue weighted by atomic mass is 10.0. The SMILES string of the molecule is CN(CC(C)(C)O)C(=O)C1(C(=O)O)CC1. The number of carboxylic acid groups (broad SMARTS) is 1. The van der Waals surface area contributed by atoms with Crippen molar-refractivity contribution in [2.24, 2.45) is 5.41 Å². The molecule has 15 heavy (non-hydrogen) atoms. The van der Waals surface area contributed by atoms with Crippen molar-refractivity contribution in [1.82, 2.24) is 4.90 Å². The average molecular weight is 215 g/mol. The van der Waals surface area contributed by atoms with Gasteiger partial charge < -0.3 is 15.1 Å². The highest BCUT2D eigenvalue weighted by Crippen LogP contribution is 2.47. The lowest BCUT2D eigenvalue weighted by Crippen LogP contribution is -2.45. The van der Waals surface area contributed by atoms with Crippen LogP contribution in [0.3, 0.4) is 0 Å². The van der Waals surface area contributed by atoms with Gasteiger partial charge in [0.25, 0.3) is 0 Å². The van der Waals surface area contributed by atoms with Gasteiger partial charge in [-0.2, -0.15) is 0 Å². The quantitative estimate of drug-likeness (QED) is 0.651. The molecule has 0 bridgehead atoms. The summed E-state index contributed by atoms with van der Waals surface area (Å²) in [6, 6.07) is 0. The van der Waals surface area contributed by atoms with Gasteiger partial charge in [0.2, 0.25) is 5.91 Å². The molecule has 0 unspecified atom stereocenters. The van der Waals surface area contributed by atoms with E-state index in [-0.39, 0.29) is 6.54 Å². The number of likely N-dealkylation sites (N-methyl/N-ethyl adjacent to an activating group) is 1. The zero-order valence-corrected chi connectivity index (χ0v) is 9.28. The van der Waals surface area contributed by atoms with Gasteiger partial charge in [-0.1, -0.05) is 0 Å². The van der Waals surface area contributed by atoms with Crippen molar-refractivity contribution in [2.45, 2.75) is 32.3 Å². The van der Waals surface area contributed by atoms with Crippen LogP contribution in [0.5, 0.6) is 0 Å². The molecule has 0 heterocycles. The van der Waals surface area contributed by atoms with Gasteiger partial charge in [-0.25, -0.2) is 0 Å². The summed E-state index contributed by atoms with van der Waals surface area (Å²) in [5.41, 5.74) is -2.21. The van der Waals surface area contributed by atoms with Crippen molar-refractivity contribution in [3.05, 3.63) is 0 Å². The first-order chi connectivity index (χ1) is 6.69. The molecule has 1 saturated carbocycles. The third kappa shape index (κ3) is 2.47. The lowest BCUT2D eigenvalue weighted by molar-refractivity contribution is -0.154. The number of carbonyl (C=O) groups excluding carboxylic acids is 1. The molecule has 1 aliphatic carbocycles. The Morgan fingerprint density at radius 1 is 1.40 bits per heavy atom. The van der Waals surface area contributed by atoms with E-state index in [4.69, 9.17) is 5.11 Å². The van der Waals surface area contributed by atoms with Crippen molar-refractivity contribution in [3.8, 4) is 0 Å². The Morgan fingerprint density at radius 3 is 2.13 bits per heavy atom. The fourth-order valence-electron chi connectivity index (χ4n) is 1.66. The summed E-state index contributed by atoms with van der Waals surface area (Å²) in [6.07, 6.45) is 0.800. The van der Waals surface area contributed by atoms with E-state index in [1.165, 1.54) is 11.9 Å². The van der Waals surface area contributed by atoms with Crippen molar-refractivity contribution < 1.29 is 19.8 Å². The number of nitrogens with zero attached hydrogens (tertiary/aromatic N) is 1. The second-order valence-electron chi connectivity index (χ2n) is 4.86. The number of hydrogen-bond acceptors (Lipinski definition) is 3. The molecule has 0 atom stereocenters. The van der Waals surface area contributed by atoms with Crippen molar-refractivity contribution in [3.63, 3.8) is 0 Å². The summed E-state index contributed by atoms with van der Waals surface area (Å²) >= 11 is 0. The monoisotopic (exact) mass is 215 g/mol. The number of aliphatic hydroxyl groups is 1. The highest BCUT2D eigenvalue weighted by Gasteiger charge is 2.58. The van der Waals surface area contributed by atoms with Gasteiger partial charge in [0.15, 0.2) is 0 Å². The molecule has 0 aromatic carbocycles. The number of hydrogen-bond donors (Lipinski definition) is 2. The maximum Gasteiger partial charge on any atom is 0.319 e. The number of amides is 1. The van der Waals surface area contributed by atoms with Crippen molar-refractivity contribution in [2.75, 3.05) is 13.6 Å². The third-order valence-corrected chi connectivity index (χ3v) is 2.54. The number of aliphatic carboxylic acids is 1. The van der Waals surface area contributed by atoms with Gasteiger partial charge in [-0.3, -0.25) is 9.59 Å². The summed E-state index contributed by atoms with van der Waals surface area (Å²) in [5, 5.41) is 18.4. The standard InChI is InChI=1S/C10H17NO4/c1-9(2,15)6-11(3)7(12)10(4-5-10)8(13)14/h15H,4-6H2,1-3H3,(H,13,14). The Balaban J connectivity index is 2.66. The fourth-order valence-corrected chi connectivity index (χ4v) is 1.66. The van der Waals surface area contributed by atoms with E-state index in [1.807, 2.05) is 0 Å². The van der Waals surface area contributed by atoms with Crippen LogP contribution in [-0.4, -0.2) is 46.2 Å². The molecule has 0 aliphatic heterocycles. The normalized spacial score (nSPS) is 18.4. The molecular weight excluding hydrogens is 198 g/mol. The minimum Gasteiger partial charge on any atom is -0.480 e. The van der Waals surface area contributed by atoms with Gasteiger partial charge >= 0.3 is 5.97 Å². The van der Waals surface area contributed by atoms with Crippen LogP contribution < -0.4 is 0 Å². The number of rotatable bonds is 4. The molecule has 1 aliphatic rings. The molecule has 1 fully saturated rings. The molecule has 0 spiro atoms. The van der Waals surface area contributed by atoms with Crippen LogP contribution in [0.4, 0.5) is 0 Å². The van der Waals surface area contributed by atoms with Crippen molar-refractivity contribution in [1.29, 1.82) is 0 Å². The Hall–Kier alpha value is -1.10. The highest BCUT2D eigenvalue weighted by atomic mass is 16.4. The first-order valence-corrected chi connectivity index (χ1v) is 4.90. The van der Waals surface area contributed by atoms with E-state index in [0.29, 0.717) is 12.8 Å². The smallest absolute Gasteiger partial charge is 0.319 e. The summed E-state index contributed by atoms with van der Waals surface area (Å²) in [6.45, 7) is 3.30. The number of carboxylic acids is 1. The van der Waals surface area contributed by atoms with Crippen LogP contribution >= 0.6 is 0 Å². The minimum atomic E-state index is -1.21. The Labute approximate surface area is 88.7 Å². The molecule has 0 aromatic rings. The first kappa shape index (κ1) is 12.0. The second kappa shape index (κ2) is 3.48. The van der Waals surface area contributed by atoms with Crippen LogP contribution in [0, 0.1) is 5.41 Å². The molecular formula is C10H17NO4. The van der Waals surface area contributed by atoms with Gasteiger partial charge in [-0.05, 0) is 26.7 Å². The van der Waals surface area contributed by atoms with Gasteiger partial charge in [0.05, 0.1) is 5.60 Å². The molecule has 86 valence electrons. The molecule has 1 amide bonds. The van der Waals surface area contributed by atoms with Gasteiger partial charge in [-0.15, -0.1) is 0 Å². The second-order valence-corrected chi connectivity index (χ2v) is 4.86. The molecule has 5 nitrogen and oxygen atoms in total. The van der Waals surface area contributed by atoms with Gasteiger partial charge in [0, 0.05) is 13.6 Å². The minimum absolute atomic E-state index is 0.140. The first-order valence-electron chi connectivity index (χ1n) is 4.90. The number of carbonyl (C=O) groups is 2. The predicted octanol–water partition coefficient (Wildman–Crippen LogP) is 0.0805. The van der Waals surface area contributed by atoms with E-state index in [2.05, 4.69) is 0 Å². The maximum absolute atomic E-state index is 11.8. The van der Waals surface area contributed by atoms with E-state index in [1.54, 1.807) is 13.8 Å².